The summed E-state index contributed by atoms with van der Waals surface area (Å²) in [6.07, 6.45) is 0.432. The molecular weight excluding hydrogens is 412 g/mol. The van der Waals surface area contributed by atoms with E-state index in [9.17, 15) is 19.7 Å². The number of halogens is 1. The molecule has 0 bridgehead atoms. The van der Waals surface area contributed by atoms with Crippen molar-refractivity contribution in [3.8, 4) is 0 Å². The van der Waals surface area contributed by atoms with Crippen molar-refractivity contribution in [1.82, 2.24) is 19.6 Å². The zero-order valence-electron chi connectivity index (χ0n) is 15.2. The molecule has 4 aromatic rings. The number of carbonyl (C=O) groups excluding carboxylic acids is 1. The van der Waals surface area contributed by atoms with Crippen molar-refractivity contribution in [3.63, 3.8) is 0 Å². The Bertz CT molecular complexity index is 1330. The number of carbonyl (C=O) groups is 1. The fourth-order valence-corrected chi connectivity index (χ4v) is 3.05. The van der Waals surface area contributed by atoms with Gasteiger partial charge in [-0.3, -0.25) is 24.7 Å². The lowest BCUT2D eigenvalue weighted by atomic mass is 10.1. The summed E-state index contributed by atoms with van der Waals surface area (Å²) in [5.41, 5.74) is 0.101. The van der Waals surface area contributed by atoms with Crippen molar-refractivity contribution in [1.29, 1.82) is 0 Å². The average Bonchev–Trinajstić information content (AvgIpc) is 3.11. The Balaban J connectivity index is 1.67. The highest BCUT2D eigenvalue weighted by Crippen LogP contribution is 2.25. The van der Waals surface area contributed by atoms with Gasteiger partial charge < -0.3 is 5.32 Å². The molecule has 0 aliphatic carbocycles. The lowest BCUT2D eigenvalue weighted by molar-refractivity contribution is -0.384. The van der Waals surface area contributed by atoms with E-state index < -0.39 is 22.1 Å². The number of H-pyrrole nitrogens is 1. The van der Waals surface area contributed by atoms with Gasteiger partial charge in [0.15, 0.2) is 5.82 Å². The molecule has 2 aromatic heterocycles. The monoisotopic (exact) mass is 424 g/mol. The van der Waals surface area contributed by atoms with E-state index >= 15 is 0 Å². The number of nitrogens with one attached hydrogen (secondary N) is 2. The Morgan fingerprint density at radius 1 is 1.20 bits per heavy atom. The molecule has 0 unspecified atom stereocenters. The third-order valence-electron chi connectivity index (χ3n) is 4.23. The molecule has 0 radical (unpaired) electrons. The SMILES string of the molecule is O=C(Nc1cc(=O)[nH]c2nc(Cc3ccccc3)nn12)c1ccc(Cl)c([N+](=O)[O-])c1. The summed E-state index contributed by atoms with van der Waals surface area (Å²) < 4.78 is 1.29. The second kappa shape index (κ2) is 7.76. The van der Waals surface area contributed by atoms with E-state index in [0.717, 1.165) is 17.7 Å². The summed E-state index contributed by atoms with van der Waals surface area (Å²) in [4.78, 5) is 41.8. The highest BCUT2D eigenvalue weighted by molar-refractivity contribution is 6.32. The molecule has 0 atom stereocenters. The number of aromatic amines is 1. The van der Waals surface area contributed by atoms with Gasteiger partial charge in [0.05, 0.1) is 4.92 Å². The zero-order valence-corrected chi connectivity index (χ0v) is 16.0. The summed E-state index contributed by atoms with van der Waals surface area (Å²) >= 11 is 5.78. The minimum Gasteiger partial charge on any atom is -0.306 e. The number of nitrogens with zero attached hydrogens (tertiary/aromatic N) is 4. The number of amides is 1. The van der Waals surface area contributed by atoms with Gasteiger partial charge in [0.25, 0.3) is 17.2 Å². The first-order valence-corrected chi connectivity index (χ1v) is 9.07. The maximum atomic E-state index is 12.6. The van der Waals surface area contributed by atoms with E-state index in [-0.39, 0.29) is 22.2 Å². The molecule has 150 valence electrons. The first-order valence-electron chi connectivity index (χ1n) is 8.69. The van der Waals surface area contributed by atoms with Crippen LogP contribution in [0.1, 0.15) is 21.7 Å². The van der Waals surface area contributed by atoms with Gasteiger partial charge in [-0.05, 0) is 17.7 Å². The Kier molecular flexibility index (Phi) is 4.98. The van der Waals surface area contributed by atoms with Crippen LogP contribution < -0.4 is 10.9 Å². The molecule has 0 aliphatic heterocycles. The topological polar surface area (TPSA) is 135 Å². The van der Waals surface area contributed by atoms with Gasteiger partial charge in [0, 0.05) is 24.1 Å². The molecule has 2 aromatic carbocycles. The molecule has 0 spiro atoms. The maximum Gasteiger partial charge on any atom is 0.288 e. The third-order valence-corrected chi connectivity index (χ3v) is 4.55. The molecule has 11 heteroatoms. The van der Waals surface area contributed by atoms with Gasteiger partial charge in [0.1, 0.15) is 10.8 Å². The number of hydrogen-bond acceptors (Lipinski definition) is 6. The number of hydrogen-bond donors (Lipinski definition) is 2. The molecule has 0 aliphatic rings. The van der Waals surface area contributed by atoms with Crippen molar-refractivity contribution in [2.24, 2.45) is 0 Å². The number of anilines is 1. The molecular formula is C19H13ClN6O4. The number of fused-ring (bicyclic) bond motifs is 1. The number of rotatable bonds is 5. The van der Waals surface area contributed by atoms with Crippen molar-refractivity contribution in [2.75, 3.05) is 5.32 Å². The normalized spacial score (nSPS) is 10.8. The fourth-order valence-electron chi connectivity index (χ4n) is 2.86. The van der Waals surface area contributed by atoms with E-state index in [2.05, 4.69) is 20.4 Å². The van der Waals surface area contributed by atoms with Crippen LogP contribution in [-0.2, 0) is 6.42 Å². The highest BCUT2D eigenvalue weighted by atomic mass is 35.5. The minimum atomic E-state index is -0.683. The van der Waals surface area contributed by atoms with Crippen molar-refractivity contribution in [3.05, 3.63) is 97.0 Å². The van der Waals surface area contributed by atoms with Gasteiger partial charge >= 0.3 is 0 Å². The van der Waals surface area contributed by atoms with E-state index in [1.807, 2.05) is 30.3 Å². The smallest absolute Gasteiger partial charge is 0.288 e. The van der Waals surface area contributed by atoms with Gasteiger partial charge in [-0.25, -0.2) is 0 Å². The number of nitro benzene ring substituents is 1. The van der Waals surface area contributed by atoms with E-state index in [0.29, 0.717) is 12.2 Å². The van der Waals surface area contributed by atoms with Crippen molar-refractivity contribution < 1.29 is 9.72 Å². The lowest BCUT2D eigenvalue weighted by Gasteiger charge is -2.06. The van der Waals surface area contributed by atoms with Crippen LogP contribution in [0, 0.1) is 10.1 Å². The van der Waals surface area contributed by atoms with Gasteiger partial charge in [-0.1, -0.05) is 41.9 Å². The predicted molar refractivity (Wildman–Crippen MR) is 109 cm³/mol. The van der Waals surface area contributed by atoms with E-state index in [1.54, 1.807) is 0 Å². The second-order valence-electron chi connectivity index (χ2n) is 6.32. The Morgan fingerprint density at radius 2 is 1.97 bits per heavy atom. The van der Waals surface area contributed by atoms with E-state index in [4.69, 9.17) is 11.6 Å². The van der Waals surface area contributed by atoms with Crippen LogP contribution in [0.25, 0.3) is 5.78 Å². The molecule has 0 fully saturated rings. The first kappa shape index (κ1) is 19.3. The van der Waals surface area contributed by atoms with Gasteiger partial charge in [-0.2, -0.15) is 9.50 Å². The quantitative estimate of drug-likeness (QED) is 0.373. The third kappa shape index (κ3) is 3.89. The van der Waals surface area contributed by atoms with Crippen LogP contribution in [0.5, 0.6) is 0 Å². The van der Waals surface area contributed by atoms with Gasteiger partial charge in [0.2, 0.25) is 5.78 Å². The van der Waals surface area contributed by atoms with E-state index in [1.165, 1.54) is 16.6 Å². The minimum absolute atomic E-state index is 0.00385. The molecule has 1 amide bonds. The summed E-state index contributed by atoms with van der Waals surface area (Å²) in [7, 11) is 0. The second-order valence-corrected chi connectivity index (χ2v) is 6.73. The van der Waals surface area contributed by atoms with Crippen LogP contribution in [0.4, 0.5) is 11.5 Å². The Morgan fingerprint density at radius 3 is 2.70 bits per heavy atom. The van der Waals surface area contributed by atoms with Crippen molar-refractivity contribution in [2.45, 2.75) is 6.42 Å². The van der Waals surface area contributed by atoms with Crippen LogP contribution >= 0.6 is 11.6 Å². The Hall–Kier alpha value is -4.05. The largest absolute Gasteiger partial charge is 0.306 e. The highest BCUT2D eigenvalue weighted by Gasteiger charge is 2.18. The molecule has 30 heavy (non-hydrogen) atoms. The molecule has 10 nitrogen and oxygen atoms in total. The average molecular weight is 425 g/mol. The standard InChI is InChI=1S/C19H13ClN6O4/c20-13-7-6-12(9-14(13)26(29)30)18(28)22-16-10-17(27)23-19-21-15(24-25(16)19)8-11-4-2-1-3-5-11/h1-7,9-10H,8H2,(H,22,28)(H,21,23,24,27). The van der Waals surface area contributed by atoms with Crippen LogP contribution in [-0.4, -0.2) is 30.4 Å². The molecule has 0 saturated carbocycles. The number of aromatic nitrogens is 4. The Labute approximate surface area is 173 Å². The van der Waals surface area contributed by atoms with Gasteiger partial charge in [-0.15, -0.1) is 5.10 Å². The molecule has 2 heterocycles. The summed E-state index contributed by atoms with van der Waals surface area (Å²) in [6.45, 7) is 0. The summed E-state index contributed by atoms with van der Waals surface area (Å²) in [5.74, 6) is 0.0106. The van der Waals surface area contributed by atoms with Crippen LogP contribution in [0.2, 0.25) is 5.02 Å². The number of benzene rings is 2. The maximum absolute atomic E-state index is 12.6. The zero-order chi connectivity index (χ0) is 21.3. The van der Waals surface area contributed by atoms with Crippen LogP contribution in [0.3, 0.4) is 0 Å². The lowest BCUT2D eigenvalue weighted by Crippen LogP contribution is -2.18. The summed E-state index contributed by atoms with van der Waals surface area (Å²) in [5, 5.41) is 17.9. The van der Waals surface area contributed by atoms with Crippen molar-refractivity contribution >= 4 is 34.8 Å². The first-order chi connectivity index (χ1) is 14.4. The predicted octanol–water partition coefficient (Wildman–Crippen LogP) is 2.82. The summed E-state index contributed by atoms with van der Waals surface area (Å²) in [6, 6.07) is 14.3. The fraction of sp³-hybridized carbons (Fsp3) is 0.0526. The molecule has 0 saturated heterocycles. The van der Waals surface area contributed by atoms with Crippen LogP contribution in [0.15, 0.2) is 59.4 Å². The number of nitro groups is 1. The molecule has 2 N–H and O–H groups in total. The molecule has 4 rings (SSSR count).